The van der Waals surface area contributed by atoms with Crippen LogP contribution in [0.3, 0.4) is 0 Å². The topological polar surface area (TPSA) is 21.3 Å². The van der Waals surface area contributed by atoms with Gasteiger partial charge in [0.25, 0.3) is 0 Å². The Hall–Kier alpha value is -0.0800. The predicted molar refractivity (Wildman–Crippen MR) is 83.5 cm³/mol. The van der Waals surface area contributed by atoms with Crippen molar-refractivity contribution in [2.45, 2.75) is 85.3 Å². The van der Waals surface area contributed by atoms with E-state index in [1.165, 1.54) is 32.1 Å². The minimum absolute atomic E-state index is 0.366. The normalized spacial score (nSPS) is 25.6. The summed E-state index contributed by atoms with van der Waals surface area (Å²) >= 11 is 0. The molecule has 0 bridgehead atoms. The Balaban J connectivity index is 2.15. The van der Waals surface area contributed by atoms with Gasteiger partial charge >= 0.3 is 0 Å². The Morgan fingerprint density at radius 2 is 1.84 bits per heavy atom. The minimum atomic E-state index is 0.366. The molecule has 2 unspecified atom stereocenters. The van der Waals surface area contributed by atoms with E-state index in [4.69, 9.17) is 4.74 Å². The Morgan fingerprint density at radius 1 is 1.11 bits per heavy atom. The fourth-order valence-electron chi connectivity index (χ4n) is 3.07. The van der Waals surface area contributed by atoms with Crippen molar-refractivity contribution in [1.29, 1.82) is 0 Å². The van der Waals surface area contributed by atoms with Gasteiger partial charge in [0, 0.05) is 12.6 Å². The molecule has 1 saturated carbocycles. The fraction of sp³-hybridized carbons (Fsp3) is 1.00. The summed E-state index contributed by atoms with van der Waals surface area (Å²) < 4.78 is 5.58. The number of hydrogen-bond acceptors (Lipinski definition) is 2. The molecule has 2 heteroatoms. The van der Waals surface area contributed by atoms with E-state index in [9.17, 15) is 0 Å². The summed E-state index contributed by atoms with van der Waals surface area (Å²) in [5.74, 6) is 0.906. The number of rotatable bonds is 6. The van der Waals surface area contributed by atoms with Gasteiger partial charge in [0.2, 0.25) is 0 Å². The van der Waals surface area contributed by atoms with Gasteiger partial charge in [-0.1, -0.05) is 27.2 Å². The first kappa shape index (κ1) is 17.0. The standard InChI is InChI=1S/C17H35NO/c1-14(2)19-13-7-12-18-16-9-6-8-15(10-11-16)17(3,4)5/h14-16,18H,6-13H2,1-5H3. The van der Waals surface area contributed by atoms with Gasteiger partial charge in [0.05, 0.1) is 6.10 Å². The predicted octanol–water partition coefficient (Wildman–Crippen LogP) is 4.39. The van der Waals surface area contributed by atoms with E-state index >= 15 is 0 Å². The molecule has 114 valence electrons. The van der Waals surface area contributed by atoms with Crippen molar-refractivity contribution < 1.29 is 4.74 Å². The molecule has 0 amide bonds. The molecule has 1 aliphatic rings. The molecular weight excluding hydrogens is 234 g/mol. The van der Waals surface area contributed by atoms with E-state index in [0.717, 1.165) is 31.5 Å². The van der Waals surface area contributed by atoms with Crippen LogP contribution in [0, 0.1) is 11.3 Å². The van der Waals surface area contributed by atoms with Crippen molar-refractivity contribution in [2.24, 2.45) is 11.3 Å². The first-order valence-corrected chi connectivity index (χ1v) is 8.24. The zero-order valence-electron chi connectivity index (χ0n) is 13.8. The van der Waals surface area contributed by atoms with E-state index in [-0.39, 0.29) is 0 Å². The molecule has 0 heterocycles. The van der Waals surface area contributed by atoms with Crippen molar-refractivity contribution in [3.8, 4) is 0 Å². The lowest BCUT2D eigenvalue weighted by Crippen LogP contribution is -2.30. The third-order valence-electron chi connectivity index (χ3n) is 4.40. The van der Waals surface area contributed by atoms with Gasteiger partial charge in [-0.2, -0.15) is 0 Å². The van der Waals surface area contributed by atoms with Crippen LogP contribution in [0.15, 0.2) is 0 Å². The van der Waals surface area contributed by atoms with Crippen molar-refractivity contribution >= 4 is 0 Å². The number of nitrogens with one attached hydrogen (secondary N) is 1. The van der Waals surface area contributed by atoms with Crippen molar-refractivity contribution in [3.63, 3.8) is 0 Å². The Labute approximate surface area is 120 Å². The molecule has 1 aliphatic carbocycles. The third-order valence-corrected chi connectivity index (χ3v) is 4.40. The van der Waals surface area contributed by atoms with Crippen molar-refractivity contribution in [2.75, 3.05) is 13.2 Å². The summed E-state index contributed by atoms with van der Waals surface area (Å²) in [6.07, 6.45) is 8.41. The van der Waals surface area contributed by atoms with Crippen LogP contribution in [0.4, 0.5) is 0 Å². The second-order valence-electron chi connectivity index (χ2n) is 7.50. The Bertz CT molecular complexity index is 232. The van der Waals surface area contributed by atoms with E-state index in [1.807, 2.05) is 0 Å². The molecule has 0 aromatic heterocycles. The highest BCUT2D eigenvalue weighted by atomic mass is 16.5. The second kappa shape index (κ2) is 8.26. The first-order chi connectivity index (χ1) is 8.89. The smallest absolute Gasteiger partial charge is 0.0518 e. The molecular formula is C17H35NO. The first-order valence-electron chi connectivity index (χ1n) is 8.24. The summed E-state index contributed by atoms with van der Waals surface area (Å²) in [6, 6.07) is 0.742. The molecule has 0 aliphatic heterocycles. The van der Waals surface area contributed by atoms with Gasteiger partial charge in [0.15, 0.2) is 0 Å². The molecule has 0 saturated heterocycles. The highest BCUT2D eigenvalue weighted by Gasteiger charge is 2.27. The van der Waals surface area contributed by atoms with Gasteiger partial charge in [0.1, 0.15) is 0 Å². The highest BCUT2D eigenvalue weighted by molar-refractivity contribution is 4.81. The van der Waals surface area contributed by atoms with Crippen LogP contribution in [-0.4, -0.2) is 25.3 Å². The largest absolute Gasteiger partial charge is 0.379 e. The van der Waals surface area contributed by atoms with E-state index in [1.54, 1.807) is 0 Å². The molecule has 2 nitrogen and oxygen atoms in total. The fourth-order valence-corrected chi connectivity index (χ4v) is 3.07. The average molecular weight is 269 g/mol. The molecule has 1 N–H and O–H groups in total. The third kappa shape index (κ3) is 7.31. The molecule has 0 spiro atoms. The van der Waals surface area contributed by atoms with Gasteiger partial charge in [-0.05, 0) is 63.8 Å². The lowest BCUT2D eigenvalue weighted by Gasteiger charge is -2.29. The summed E-state index contributed by atoms with van der Waals surface area (Å²) in [6.45, 7) is 13.4. The van der Waals surface area contributed by atoms with E-state index < -0.39 is 0 Å². The van der Waals surface area contributed by atoms with Gasteiger partial charge in [-0.15, -0.1) is 0 Å². The summed E-state index contributed by atoms with van der Waals surface area (Å²) in [4.78, 5) is 0. The van der Waals surface area contributed by atoms with Crippen molar-refractivity contribution in [1.82, 2.24) is 5.32 Å². The van der Waals surface area contributed by atoms with Crippen LogP contribution in [0.1, 0.15) is 73.1 Å². The van der Waals surface area contributed by atoms with Crippen LogP contribution in [0.2, 0.25) is 0 Å². The monoisotopic (exact) mass is 269 g/mol. The van der Waals surface area contributed by atoms with Gasteiger partial charge in [-0.3, -0.25) is 0 Å². The maximum absolute atomic E-state index is 5.58. The molecule has 1 fully saturated rings. The number of hydrogen-bond donors (Lipinski definition) is 1. The van der Waals surface area contributed by atoms with Crippen LogP contribution < -0.4 is 5.32 Å². The average Bonchev–Trinajstić information content (AvgIpc) is 2.53. The zero-order valence-corrected chi connectivity index (χ0v) is 13.8. The lowest BCUT2D eigenvalue weighted by atomic mass is 9.76. The highest BCUT2D eigenvalue weighted by Crippen LogP contribution is 2.36. The molecule has 1 rings (SSSR count). The minimum Gasteiger partial charge on any atom is -0.379 e. The van der Waals surface area contributed by atoms with E-state index in [0.29, 0.717) is 11.5 Å². The lowest BCUT2D eigenvalue weighted by molar-refractivity contribution is 0.0766. The molecule has 0 aromatic rings. The second-order valence-corrected chi connectivity index (χ2v) is 7.50. The van der Waals surface area contributed by atoms with E-state index in [2.05, 4.69) is 39.9 Å². The van der Waals surface area contributed by atoms with Gasteiger partial charge < -0.3 is 10.1 Å². The zero-order chi connectivity index (χ0) is 14.3. The number of ether oxygens (including phenoxy) is 1. The maximum Gasteiger partial charge on any atom is 0.0518 e. The molecule has 0 aromatic carbocycles. The van der Waals surface area contributed by atoms with Crippen LogP contribution in [-0.2, 0) is 4.74 Å². The van der Waals surface area contributed by atoms with Crippen molar-refractivity contribution in [3.05, 3.63) is 0 Å². The molecule has 0 radical (unpaired) electrons. The van der Waals surface area contributed by atoms with Crippen LogP contribution in [0.5, 0.6) is 0 Å². The van der Waals surface area contributed by atoms with Crippen LogP contribution >= 0.6 is 0 Å². The Kier molecular flexibility index (Phi) is 7.38. The SMILES string of the molecule is CC(C)OCCCNC1CCCC(C(C)(C)C)CC1. The summed E-state index contributed by atoms with van der Waals surface area (Å²) in [7, 11) is 0. The molecule has 19 heavy (non-hydrogen) atoms. The van der Waals surface area contributed by atoms with Gasteiger partial charge in [-0.25, -0.2) is 0 Å². The summed E-state index contributed by atoms with van der Waals surface area (Å²) in [5, 5.41) is 3.73. The quantitative estimate of drug-likeness (QED) is 0.570. The maximum atomic E-state index is 5.58. The Morgan fingerprint density at radius 3 is 2.47 bits per heavy atom. The molecule has 2 atom stereocenters. The summed E-state index contributed by atoms with van der Waals surface area (Å²) in [5.41, 5.74) is 0.486. The van der Waals surface area contributed by atoms with Crippen LogP contribution in [0.25, 0.3) is 0 Å².